The number of benzene rings is 1. The Morgan fingerprint density at radius 3 is 2.36 bits per heavy atom. The molecule has 1 fully saturated rings. The Bertz CT molecular complexity index is 714. The highest BCUT2D eigenvalue weighted by Crippen LogP contribution is 2.20. The molecule has 1 aliphatic rings. The van der Waals surface area contributed by atoms with E-state index in [2.05, 4.69) is 5.32 Å². The van der Waals surface area contributed by atoms with Crippen molar-refractivity contribution in [2.75, 3.05) is 25.1 Å². The molecule has 0 unspecified atom stereocenters. The van der Waals surface area contributed by atoms with Crippen LogP contribution in [0.3, 0.4) is 0 Å². The van der Waals surface area contributed by atoms with Gasteiger partial charge in [-0.15, -0.1) is 0 Å². The SMILES string of the molecule is O=C(COC(=O)C1CCOCC1)Nc1ccc(S(=O)(=O)C(F)F)cc1. The van der Waals surface area contributed by atoms with Crippen LogP contribution in [0.4, 0.5) is 14.5 Å². The molecule has 0 bridgehead atoms. The molecule has 0 atom stereocenters. The summed E-state index contributed by atoms with van der Waals surface area (Å²) in [5.74, 6) is -4.90. The number of amides is 1. The van der Waals surface area contributed by atoms with E-state index in [-0.39, 0.29) is 11.6 Å². The van der Waals surface area contributed by atoms with Gasteiger partial charge in [-0.1, -0.05) is 0 Å². The van der Waals surface area contributed by atoms with Crippen molar-refractivity contribution < 1.29 is 36.3 Å². The van der Waals surface area contributed by atoms with Gasteiger partial charge in [0.2, 0.25) is 9.84 Å². The molecule has 0 aliphatic carbocycles. The number of ether oxygens (including phenoxy) is 2. The van der Waals surface area contributed by atoms with Crippen LogP contribution in [0.5, 0.6) is 0 Å². The van der Waals surface area contributed by atoms with Crippen molar-refractivity contribution in [3.8, 4) is 0 Å². The van der Waals surface area contributed by atoms with Gasteiger partial charge in [-0.2, -0.15) is 8.78 Å². The zero-order chi connectivity index (χ0) is 18.4. The molecule has 25 heavy (non-hydrogen) atoms. The van der Waals surface area contributed by atoms with Crippen LogP contribution >= 0.6 is 0 Å². The lowest BCUT2D eigenvalue weighted by molar-refractivity contribution is -0.154. The molecule has 10 heteroatoms. The highest BCUT2D eigenvalue weighted by Gasteiger charge is 2.26. The van der Waals surface area contributed by atoms with Crippen LogP contribution in [0, 0.1) is 5.92 Å². The van der Waals surface area contributed by atoms with Crippen molar-refractivity contribution in [3.05, 3.63) is 24.3 Å². The minimum absolute atomic E-state index is 0.195. The van der Waals surface area contributed by atoms with E-state index in [0.29, 0.717) is 26.1 Å². The zero-order valence-electron chi connectivity index (χ0n) is 13.1. The van der Waals surface area contributed by atoms with Crippen LogP contribution in [0.1, 0.15) is 12.8 Å². The lowest BCUT2D eigenvalue weighted by Crippen LogP contribution is -2.28. The number of carbonyl (C=O) groups excluding carboxylic acids is 2. The molecule has 1 aromatic carbocycles. The first-order chi connectivity index (χ1) is 11.8. The molecule has 0 radical (unpaired) electrons. The second-order valence-electron chi connectivity index (χ2n) is 5.37. The van der Waals surface area contributed by atoms with Crippen molar-refractivity contribution in [1.82, 2.24) is 0 Å². The Kier molecular flexibility index (Phi) is 6.43. The second-order valence-corrected chi connectivity index (χ2v) is 7.29. The molecule has 1 heterocycles. The number of nitrogens with one attached hydrogen (secondary N) is 1. The lowest BCUT2D eigenvalue weighted by Gasteiger charge is -2.20. The molecular weight excluding hydrogens is 360 g/mol. The van der Waals surface area contributed by atoms with E-state index >= 15 is 0 Å². The zero-order valence-corrected chi connectivity index (χ0v) is 13.9. The van der Waals surface area contributed by atoms with Gasteiger partial charge < -0.3 is 14.8 Å². The number of hydrogen-bond donors (Lipinski definition) is 1. The average Bonchev–Trinajstić information content (AvgIpc) is 2.60. The van der Waals surface area contributed by atoms with Crippen molar-refractivity contribution in [2.24, 2.45) is 5.92 Å². The summed E-state index contributed by atoms with van der Waals surface area (Å²) in [4.78, 5) is 23.0. The third-order valence-electron chi connectivity index (χ3n) is 3.60. The molecule has 0 spiro atoms. The summed E-state index contributed by atoms with van der Waals surface area (Å²) in [7, 11) is -4.68. The quantitative estimate of drug-likeness (QED) is 0.756. The third-order valence-corrected chi connectivity index (χ3v) is 5.00. The molecule has 1 amide bonds. The van der Waals surface area contributed by atoms with Crippen LogP contribution in [0.25, 0.3) is 0 Å². The molecule has 1 aliphatic heterocycles. The summed E-state index contributed by atoms with van der Waals surface area (Å²) < 4.78 is 57.5. The van der Waals surface area contributed by atoms with Gasteiger partial charge in [0.15, 0.2) is 6.61 Å². The monoisotopic (exact) mass is 377 g/mol. The van der Waals surface area contributed by atoms with Gasteiger partial charge in [-0.05, 0) is 37.1 Å². The molecule has 1 N–H and O–H groups in total. The van der Waals surface area contributed by atoms with Crippen LogP contribution < -0.4 is 5.32 Å². The first kappa shape index (κ1) is 19.3. The lowest BCUT2D eigenvalue weighted by atomic mass is 10.0. The predicted molar refractivity (Wildman–Crippen MR) is 82.8 cm³/mol. The van der Waals surface area contributed by atoms with Gasteiger partial charge in [0.1, 0.15) is 0 Å². The van der Waals surface area contributed by atoms with Crippen LogP contribution in [0.2, 0.25) is 0 Å². The summed E-state index contributed by atoms with van der Waals surface area (Å²) in [5, 5.41) is 2.38. The summed E-state index contributed by atoms with van der Waals surface area (Å²) in [5.41, 5.74) is 0.195. The van der Waals surface area contributed by atoms with Crippen LogP contribution in [-0.4, -0.2) is 45.9 Å². The fourth-order valence-corrected chi connectivity index (χ4v) is 2.94. The van der Waals surface area contributed by atoms with Gasteiger partial charge >= 0.3 is 11.7 Å². The van der Waals surface area contributed by atoms with Gasteiger partial charge in [0.05, 0.1) is 10.8 Å². The number of esters is 1. The molecule has 138 valence electrons. The normalized spacial score (nSPS) is 15.8. The molecule has 2 rings (SSSR count). The average molecular weight is 377 g/mol. The van der Waals surface area contributed by atoms with Crippen LogP contribution in [0.15, 0.2) is 29.2 Å². The predicted octanol–water partition coefficient (Wildman–Crippen LogP) is 1.59. The van der Waals surface area contributed by atoms with Gasteiger partial charge in [-0.25, -0.2) is 8.42 Å². The maximum atomic E-state index is 12.4. The van der Waals surface area contributed by atoms with E-state index < -0.39 is 39.0 Å². The number of sulfone groups is 1. The highest BCUT2D eigenvalue weighted by molar-refractivity contribution is 7.91. The Balaban J connectivity index is 1.85. The highest BCUT2D eigenvalue weighted by atomic mass is 32.2. The fourth-order valence-electron chi connectivity index (χ4n) is 2.22. The van der Waals surface area contributed by atoms with Crippen molar-refractivity contribution >= 4 is 27.4 Å². The Hall–Kier alpha value is -2.07. The molecular formula is C15H17F2NO6S. The first-order valence-electron chi connectivity index (χ1n) is 7.47. The number of carbonyl (C=O) groups is 2. The Morgan fingerprint density at radius 2 is 1.80 bits per heavy atom. The van der Waals surface area contributed by atoms with Crippen molar-refractivity contribution in [2.45, 2.75) is 23.5 Å². The number of hydrogen-bond acceptors (Lipinski definition) is 6. The maximum absolute atomic E-state index is 12.4. The Labute approximate surface area is 143 Å². The molecule has 7 nitrogen and oxygen atoms in total. The summed E-state index contributed by atoms with van der Waals surface area (Å²) in [6, 6.07) is 4.28. The second kappa shape index (κ2) is 8.34. The fraction of sp³-hybridized carbons (Fsp3) is 0.467. The van der Waals surface area contributed by atoms with Gasteiger partial charge in [0.25, 0.3) is 5.91 Å². The van der Waals surface area contributed by atoms with E-state index in [1.54, 1.807) is 0 Å². The standard InChI is InChI=1S/C15H17F2NO6S/c16-15(17)25(21,22)12-3-1-11(2-4-12)18-13(19)9-24-14(20)10-5-7-23-8-6-10/h1-4,10,15H,5-9H2,(H,18,19). The minimum atomic E-state index is -4.68. The number of alkyl halides is 2. The number of rotatable bonds is 6. The van der Waals surface area contributed by atoms with E-state index in [1.807, 2.05) is 0 Å². The van der Waals surface area contributed by atoms with Gasteiger partial charge in [-0.3, -0.25) is 9.59 Å². The van der Waals surface area contributed by atoms with Gasteiger partial charge in [0, 0.05) is 18.9 Å². The minimum Gasteiger partial charge on any atom is -0.455 e. The summed E-state index contributed by atoms with van der Waals surface area (Å²) >= 11 is 0. The number of anilines is 1. The van der Waals surface area contributed by atoms with E-state index in [4.69, 9.17) is 9.47 Å². The molecule has 0 saturated carbocycles. The molecule has 0 aromatic heterocycles. The van der Waals surface area contributed by atoms with E-state index in [0.717, 1.165) is 12.1 Å². The smallest absolute Gasteiger partial charge is 0.341 e. The number of halogens is 2. The molecule has 1 saturated heterocycles. The van der Waals surface area contributed by atoms with Crippen LogP contribution in [-0.2, 0) is 28.9 Å². The van der Waals surface area contributed by atoms with Crippen molar-refractivity contribution in [3.63, 3.8) is 0 Å². The largest absolute Gasteiger partial charge is 0.455 e. The topological polar surface area (TPSA) is 98.8 Å². The van der Waals surface area contributed by atoms with Crippen molar-refractivity contribution in [1.29, 1.82) is 0 Å². The molecule has 1 aromatic rings. The van der Waals surface area contributed by atoms with E-state index in [9.17, 15) is 26.8 Å². The van der Waals surface area contributed by atoms with E-state index in [1.165, 1.54) is 12.1 Å². The third kappa shape index (κ3) is 5.20. The summed E-state index contributed by atoms with van der Waals surface area (Å²) in [6.45, 7) is 0.451. The maximum Gasteiger partial charge on any atom is 0.341 e. The first-order valence-corrected chi connectivity index (χ1v) is 9.01. The summed E-state index contributed by atoms with van der Waals surface area (Å²) in [6.07, 6.45) is 1.08. The Morgan fingerprint density at radius 1 is 1.20 bits per heavy atom.